The molecule has 8 nitrogen and oxygen atoms in total. The van der Waals surface area contributed by atoms with Gasteiger partial charge >= 0.3 is 12.1 Å². The van der Waals surface area contributed by atoms with Crippen LogP contribution in [0.1, 0.15) is 0 Å². The molecule has 0 spiro atoms. The largest absolute Gasteiger partial charge is 0.341 e. The van der Waals surface area contributed by atoms with Crippen molar-refractivity contribution in [3.8, 4) is 0 Å². The Morgan fingerprint density at radius 2 is 2.00 bits per heavy atom. The number of rotatable bonds is 2. The zero-order valence-electron chi connectivity index (χ0n) is 10.1. The Hall–Kier alpha value is -2.71. The number of carbonyl (C=O) groups is 2. The highest BCUT2D eigenvalue weighted by Gasteiger charge is 2.18. The lowest BCUT2D eigenvalue weighted by Gasteiger charge is -2.15. The number of nitrogens with zero attached hydrogens (tertiary/aromatic N) is 2. The Labute approximate surface area is 107 Å². The first kappa shape index (κ1) is 14.4. The Morgan fingerprint density at radius 3 is 2.53 bits per heavy atom. The third-order valence-corrected chi connectivity index (χ3v) is 2.23. The summed E-state index contributed by atoms with van der Waals surface area (Å²) in [5, 5.41) is 14.8. The molecular weight excluding hydrogens is 259 g/mol. The molecule has 2 N–H and O–H groups in total. The van der Waals surface area contributed by atoms with Gasteiger partial charge in [0.1, 0.15) is 5.82 Å². The van der Waals surface area contributed by atoms with Gasteiger partial charge in [-0.2, -0.15) is 0 Å². The van der Waals surface area contributed by atoms with E-state index in [1.807, 2.05) is 0 Å². The van der Waals surface area contributed by atoms with E-state index in [0.29, 0.717) is 4.90 Å². The quantitative estimate of drug-likeness (QED) is 0.628. The number of nitro groups is 1. The number of nitrogens with one attached hydrogen (secondary N) is 2. The van der Waals surface area contributed by atoms with Gasteiger partial charge in [-0.25, -0.2) is 18.9 Å². The van der Waals surface area contributed by atoms with Crippen LogP contribution >= 0.6 is 0 Å². The van der Waals surface area contributed by atoms with Crippen LogP contribution in [0.5, 0.6) is 0 Å². The van der Waals surface area contributed by atoms with Crippen molar-refractivity contribution in [3.63, 3.8) is 0 Å². The molecule has 0 unspecified atom stereocenters. The molecule has 1 aromatic rings. The molecule has 0 saturated carbocycles. The van der Waals surface area contributed by atoms with Crippen molar-refractivity contribution < 1.29 is 18.9 Å². The molecule has 1 rings (SSSR count). The molecular formula is C10H11FN4O4. The maximum atomic E-state index is 13.4. The SMILES string of the molecule is CNC(=O)N(C)C(=O)Nc1cc([N+](=O)[O-])ccc1F. The van der Waals surface area contributed by atoms with Crippen LogP contribution in [0.2, 0.25) is 0 Å². The van der Waals surface area contributed by atoms with E-state index in [0.717, 1.165) is 18.2 Å². The topological polar surface area (TPSA) is 105 Å². The summed E-state index contributed by atoms with van der Waals surface area (Å²) >= 11 is 0. The van der Waals surface area contributed by atoms with Crippen molar-refractivity contribution in [2.24, 2.45) is 0 Å². The molecule has 0 saturated heterocycles. The molecule has 19 heavy (non-hydrogen) atoms. The van der Waals surface area contributed by atoms with Gasteiger partial charge in [0.15, 0.2) is 0 Å². The highest BCUT2D eigenvalue weighted by molar-refractivity contribution is 6.00. The van der Waals surface area contributed by atoms with Gasteiger partial charge in [0.05, 0.1) is 10.6 Å². The first-order chi connectivity index (χ1) is 8.86. The molecule has 0 fully saturated rings. The average Bonchev–Trinajstić information content (AvgIpc) is 2.38. The molecule has 102 valence electrons. The van der Waals surface area contributed by atoms with Crippen molar-refractivity contribution >= 4 is 23.4 Å². The minimum absolute atomic E-state index is 0.376. The van der Waals surface area contributed by atoms with E-state index in [1.165, 1.54) is 14.1 Å². The van der Waals surface area contributed by atoms with E-state index in [9.17, 15) is 24.1 Å². The number of carbonyl (C=O) groups excluding carboxylic acids is 2. The van der Waals surface area contributed by atoms with Gasteiger partial charge < -0.3 is 10.6 Å². The van der Waals surface area contributed by atoms with Crippen molar-refractivity contribution in [1.29, 1.82) is 0 Å². The monoisotopic (exact) mass is 270 g/mol. The summed E-state index contributed by atoms with van der Waals surface area (Å²) in [6, 6.07) is 1.06. The number of halogens is 1. The van der Waals surface area contributed by atoms with Crippen molar-refractivity contribution in [2.75, 3.05) is 19.4 Å². The summed E-state index contributed by atoms with van der Waals surface area (Å²) in [7, 11) is 2.49. The predicted molar refractivity (Wildman–Crippen MR) is 64.3 cm³/mol. The third kappa shape index (κ3) is 3.37. The highest BCUT2D eigenvalue weighted by atomic mass is 19.1. The van der Waals surface area contributed by atoms with Crippen LogP contribution in [-0.4, -0.2) is 36.0 Å². The smallest absolute Gasteiger partial charge is 0.329 e. The fourth-order valence-electron chi connectivity index (χ4n) is 1.18. The minimum atomic E-state index is -0.918. The number of benzene rings is 1. The van der Waals surface area contributed by atoms with E-state index < -0.39 is 22.8 Å². The normalized spacial score (nSPS) is 9.63. The van der Waals surface area contributed by atoms with Crippen LogP contribution in [0.15, 0.2) is 18.2 Å². The number of anilines is 1. The molecule has 0 heterocycles. The van der Waals surface area contributed by atoms with Gasteiger partial charge in [-0.05, 0) is 6.07 Å². The second-order valence-electron chi connectivity index (χ2n) is 3.47. The Kier molecular flexibility index (Phi) is 4.35. The molecule has 0 bridgehead atoms. The minimum Gasteiger partial charge on any atom is -0.341 e. The molecule has 0 aliphatic rings. The number of non-ortho nitro benzene ring substituents is 1. The lowest BCUT2D eigenvalue weighted by Crippen LogP contribution is -2.41. The Morgan fingerprint density at radius 1 is 1.37 bits per heavy atom. The lowest BCUT2D eigenvalue weighted by atomic mass is 10.2. The summed E-state index contributed by atoms with van der Waals surface area (Å²) < 4.78 is 13.4. The zero-order valence-corrected chi connectivity index (χ0v) is 10.1. The van der Waals surface area contributed by atoms with Crippen LogP contribution in [0.25, 0.3) is 0 Å². The fraction of sp³-hybridized carbons (Fsp3) is 0.200. The molecule has 0 atom stereocenters. The van der Waals surface area contributed by atoms with E-state index >= 15 is 0 Å². The summed E-state index contributed by atoms with van der Waals surface area (Å²) in [5.41, 5.74) is -0.755. The fourth-order valence-corrected chi connectivity index (χ4v) is 1.18. The van der Waals surface area contributed by atoms with Gasteiger partial charge in [0.25, 0.3) is 5.69 Å². The first-order valence-corrected chi connectivity index (χ1v) is 5.07. The molecule has 4 amide bonds. The van der Waals surface area contributed by atoms with Gasteiger partial charge in [-0.15, -0.1) is 0 Å². The second-order valence-corrected chi connectivity index (χ2v) is 3.47. The van der Waals surface area contributed by atoms with E-state index in [-0.39, 0.29) is 11.4 Å². The molecule has 1 aromatic carbocycles. The lowest BCUT2D eigenvalue weighted by molar-refractivity contribution is -0.384. The average molecular weight is 270 g/mol. The summed E-state index contributed by atoms with van der Waals surface area (Å²) in [5.74, 6) is -0.843. The Balaban J connectivity index is 2.93. The van der Waals surface area contributed by atoms with Crippen LogP contribution in [0, 0.1) is 15.9 Å². The molecule has 9 heteroatoms. The van der Waals surface area contributed by atoms with Gasteiger partial charge in [0.2, 0.25) is 0 Å². The van der Waals surface area contributed by atoms with E-state index in [2.05, 4.69) is 10.6 Å². The van der Waals surface area contributed by atoms with Crippen LogP contribution in [0.4, 0.5) is 25.4 Å². The van der Waals surface area contributed by atoms with Crippen LogP contribution < -0.4 is 10.6 Å². The van der Waals surface area contributed by atoms with E-state index in [4.69, 9.17) is 0 Å². The van der Waals surface area contributed by atoms with Gasteiger partial charge in [-0.3, -0.25) is 10.1 Å². The molecule has 0 aromatic heterocycles. The summed E-state index contributed by atoms with van der Waals surface area (Å²) in [6.07, 6.45) is 0. The van der Waals surface area contributed by atoms with Gasteiger partial charge in [0, 0.05) is 26.2 Å². The number of nitro benzene ring substituents is 1. The van der Waals surface area contributed by atoms with Crippen molar-refractivity contribution in [3.05, 3.63) is 34.1 Å². The summed E-state index contributed by atoms with van der Waals surface area (Å²) in [6.45, 7) is 0. The molecule has 0 aliphatic carbocycles. The number of imide groups is 1. The van der Waals surface area contributed by atoms with Crippen LogP contribution in [-0.2, 0) is 0 Å². The number of urea groups is 2. The number of hydrogen-bond acceptors (Lipinski definition) is 4. The van der Waals surface area contributed by atoms with E-state index in [1.54, 1.807) is 0 Å². The molecule has 0 aliphatic heterocycles. The van der Waals surface area contributed by atoms with Crippen molar-refractivity contribution in [2.45, 2.75) is 0 Å². The standard InChI is InChI=1S/C10H11FN4O4/c1-12-9(16)14(2)10(17)13-8-5-6(15(18)19)3-4-7(8)11/h3-5H,1-2H3,(H,12,16)(H,13,17). The first-order valence-electron chi connectivity index (χ1n) is 5.07. The molecule has 0 radical (unpaired) electrons. The Bertz CT molecular complexity index is 534. The number of amides is 4. The van der Waals surface area contributed by atoms with Crippen LogP contribution in [0.3, 0.4) is 0 Å². The zero-order chi connectivity index (χ0) is 14.6. The number of hydrogen-bond donors (Lipinski definition) is 2. The van der Waals surface area contributed by atoms with Gasteiger partial charge in [-0.1, -0.05) is 0 Å². The third-order valence-electron chi connectivity index (χ3n) is 2.23. The predicted octanol–water partition coefficient (Wildman–Crippen LogP) is 1.54. The second kappa shape index (κ2) is 5.76. The maximum Gasteiger partial charge on any atom is 0.329 e. The maximum absolute atomic E-state index is 13.4. The summed E-state index contributed by atoms with van der Waals surface area (Å²) in [4.78, 5) is 33.2. The highest BCUT2D eigenvalue weighted by Crippen LogP contribution is 2.21. The van der Waals surface area contributed by atoms with Crippen molar-refractivity contribution in [1.82, 2.24) is 10.2 Å².